The summed E-state index contributed by atoms with van der Waals surface area (Å²) in [6, 6.07) is 14.2. The molecule has 2 N–H and O–H groups in total. The maximum Gasteiger partial charge on any atom is 0.416 e. The molecule has 2 amide bonds. The highest BCUT2D eigenvalue weighted by atomic mass is 19.4. The van der Waals surface area contributed by atoms with Crippen molar-refractivity contribution < 1.29 is 56.5 Å². The molecular weight excluding hydrogens is 687 g/mol. The van der Waals surface area contributed by atoms with E-state index in [4.69, 9.17) is 14.2 Å². The van der Waals surface area contributed by atoms with Gasteiger partial charge in [0.05, 0.1) is 47.9 Å². The maximum absolute atomic E-state index is 13.6. The average molecular weight is 722 g/mol. The number of halogens is 3. The number of aromatic carboxylic acids is 1. The van der Waals surface area contributed by atoms with Crippen LogP contribution in [-0.2, 0) is 22.1 Å². The van der Waals surface area contributed by atoms with Gasteiger partial charge in [0, 0.05) is 31.8 Å². The molecule has 0 aliphatic rings. The second kappa shape index (κ2) is 16.2. The van der Waals surface area contributed by atoms with E-state index in [0.717, 1.165) is 31.4 Å². The molecule has 0 saturated carbocycles. The third-order valence-corrected chi connectivity index (χ3v) is 7.72. The van der Waals surface area contributed by atoms with Crippen molar-refractivity contribution in [2.24, 2.45) is 0 Å². The largest absolute Gasteiger partial charge is 0.493 e. The molecule has 272 valence electrons. The number of carbonyl (C=O) groups excluding carboxylic acids is 4. The number of nitrogens with one attached hydrogen (secondary N) is 1. The zero-order chi connectivity index (χ0) is 38.3. The molecule has 0 saturated heterocycles. The molecule has 0 aliphatic heterocycles. The van der Waals surface area contributed by atoms with Crippen molar-refractivity contribution in [1.82, 2.24) is 9.88 Å². The summed E-state index contributed by atoms with van der Waals surface area (Å²) >= 11 is 0. The van der Waals surface area contributed by atoms with Gasteiger partial charge in [-0.3, -0.25) is 19.4 Å². The van der Waals surface area contributed by atoms with E-state index >= 15 is 0 Å². The van der Waals surface area contributed by atoms with Crippen LogP contribution in [0.1, 0.15) is 71.1 Å². The molecule has 0 aliphatic carbocycles. The highest BCUT2D eigenvalue weighted by molar-refractivity contribution is 6.11. The summed E-state index contributed by atoms with van der Waals surface area (Å²) in [5.74, 6) is -4.58. The number of alkyl halides is 3. The monoisotopic (exact) mass is 721 g/mol. The Bertz CT molecular complexity index is 2030. The highest BCUT2D eigenvalue weighted by Gasteiger charge is 2.30. The van der Waals surface area contributed by atoms with Crippen molar-refractivity contribution in [1.29, 1.82) is 0 Å². The van der Waals surface area contributed by atoms with E-state index in [0.29, 0.717) is 11.3 Å². The molecule has 4 aromatic rings. The number of esters is 2. The number of aromatic nitrogens is 1. The van der Waals surface area contributed by atoms with E-state index in [1.54, 1.807) is 25.1 Å². The minimum absolute atomic E-state index is 0.0702. The van der Waals surface area contributed by atoms with Crippen molar-refractivity contribution in [2.75, 3.05) is 33.6 Å². The fourth-order valence-corrected chi connectivity index (χ4v) is 5.09. The number of carbonyl (C=O) groups is 5. The van der Waals surface area contributed by atoms with Crippen LogP contribution in [0.25, 0.3) is 11.3 Å². The van der Waals surface area contributed by atoms with Gasteiger partial charge in [0.1, 0.15) is 5.56 Å². The summed E-state index contributed by atoms with van der Waals surface area (Å²) in [7, 11) is 5.36. The second-order valence-electron chi connectivity index (χ2n) is 11.6. The van der Waals surface area contributed by atoms with E-state index in [-0.39, 0.29) is 70.0 Å². The third kappa shape index (κ3) is 9.10. The Labute approximate surface area is 296 Å². The topological polar surface area (TPSA) is 161 Å². The number of benzene rings is 3. The van der Waals surface area contributed by atoms with Crippen LogP contribution < -0.4 is 14.8 Å². The normalized spacial score (nSPS) is 11.0. The lowest BCUT2D eigenvalue weighted by Gasteiger charge is -2.17. The molecule has 1 heterocycles. The van der Waals surface area contributed by atoms with Crippen LogP contribution >= 0.6 is 0 Å². The molecule has 52 heavy (non-hydrogen) atoms. The van der Waals surface area contributed by atoms with E-state index in [9.17, 15) is 42.3 Å². The molecule has 4 rings (SSSR count). The number of carboxylic acids is 1. The van der Waals surface area contributed by atoms with E-state index in [1.807, 2.05) is 0 Å². The quantitative estimate of drug-likeness (QED) is 0.123. The number of nitrogens with zero attached hydrogens (tertiary/aromatic N) is 2. The molecule has 1 aromatic heterocycles. The van der Waals surface area contributed by atoms with Crippen molar-refractivity contribution in [3.8, 4) is 22.8 Å². The fraction of sp³-hybridized carbons (Fsp3) is 0.243. The lowest BCUT2D eigenvalue weighted by Crippen LogP contribution is -2.24. The van der Waals surface area contributed by atoms with Gasteiger partial charge in [-0.25, -0.2) is 9.59 Å². The summed E-state index contributed by atoms with van der Waals surface area (Å²) < 4.78 is 54.7. The van der Waals surface area contributed by atoms with Gasteiger partial charge < -0.3 is 29.5 Å². The standard InChI is InChI=1S/C37H34F3N3O9/c1-20-9-15-25(31(41-20)22-11-13-24(14-12-22)37(38,39)40)33(45)42-28-16-10-21(17-26(28)34(46)43(2)3)7-6-8-30(44)52-32-27(36(49)51-5)18-23(35(47)48)19-29(32)50-4/h9-19H,6-8H2,1-5H3,(H,42,45)(H,47,48). The zero-order valence-electron chi connectivity index (χ0n) is 28.7. The van der Waals surface area contributed by atoms with Gasteiger partial charge in [-0.15, -0.1) is 0 Å². The summed E-state index contributed by atoms with van der Waals surface area (Å²) in [5.41, 5.74) is 0.541. The number of methoxy groups -OCH3 is 2. The first-order chi connectivity index (χ1) is 24.5. The average Bonchev–Trinajstić information content (AvgIpc) is 3.10. The Morgan fingerprint density at radius 3 is 2.17 bits per heavy atom. The Morgan fingerprint density at radius 1 is 0.885 bits per heavy atom. The molecule has 0 fully saturated rings. The lowest BCUT2D eigenvalue weighted by molar-refractivity contribution is -0.137. The molecule has 0 unspecified atom stereocenters. The fourth-order valence-electron chi connectivity index (χ4n) is 5.09. The van der Waals surface area contributed by atoms with Gasteiger partial charge in [0.25, 0.3) is 11.8 Å². The Balaban J connectivity index is 1.53. The van der Waals surface area contributed by atoms with Crippen LogP contribution in [0.15, 0.2) is 66.7 Å². The number of aryl methyl sites for hydroxylation is 2. The summed E-state index contributed by atoms with van der Waals surface area (Å²) in [6.45, 7) is 1.68. The number of pyridine rings is 1. The number of carboxylic acid groups (broad SMARTS) is 1. The van der Waals surface area contributed by atoms with Crippen LogP contribution in [-0.4, -0.2) is 73.0 Å². The first-order valence-electron chi connectivity index (χ1n) is 15.6. The molecule has 12 nitrogen and oxygen atoms in total. The van der Waals surface area contributed by atoms with Crippen LogP contribution in [0.2, 0.25) is 0 Å². The van der Waals surface area contributed by atoms with Gasteiger partial charge in [0.15, 0.2) is 11.5 Å². The van der Waals surface area contributed by atoms with Crippen molar-refractivity contribution >= 4 is 35.4 Å². The predicted octanol–water partition coefficient (Wildman–Crippen LogP) is 6.45. The SMILES string of the molecule is COC(=O)c1cc(C(=O)O)cc(OC)c1OC(=O)CCCc1ccc(NC(=O)c2ccc(C)nc2-c2ccc(C(F)(F)F)cc2)c(C(=O)N(C)C)c1. The van der Waals surface area contributed by atoms with Crippen LogP contribution in [0.5, 0.6) is 11.5 Å². The third-order valence-electron chi connectivity index (χ3n) is 7.72. The van der Waals surface area contributed by atoms with Gasteiger partial charge in [0.2, 0.25) is 0 Å². The summed E-state index contributed by atoms with van der Waals surface area (Å²) in [5, 5.41) is 12.1. The van der Waals surface area contributed by atoms with E-state index in [1.165, 1.54) is 50.4 Å². The summed E-state index contributed by atoms with van der Waals surface area (Å²) in [4.78, 5) is 69.2. The van der Waals surface area contributed by atoms with Gasteiger partial charge in [-0.1, -0.05) is 18.2 Å². The number of amides is 2. The molecule has 3 aromatic carbocycles. The number of anilines is 1. The lowest BCUT2D eigenvalue weighted by atomic mass is 10.0. The first kappa shape index (κ1) is 38.6. The van der Waals surface area contributed by atoms with Crippen molar-refractivity contribution in [3.63, 3.8) is 0 Å². The number of hydrogen-bond donors (Lipinski definition) is 2. The minimum Gasteiger partial charge on any atom is -0.493 e. The molecule has 0 atom stereocenters. The Hall–Kier alpha value is -6.25. The van der Waals surface area contributed by atoms with Crippen molar-refractivity contribution in [2.45, 2.75) is 32.4 Å². The molecule has 0 radical (unpaired) electrons. The Kier molecular flexibility index (Phi) is 12.0. The van der Waals surface area contributed by atoms with Gasteiger partial charge >= 0.3 is 24.1 Å². The van der Waals surface area contributed by atoms with Crippen LogP contribution in [0.4, 0.5) is 18.9 Å². The van der Waals surface area contributed by atoms with Gasteiger partial charge in [-0.05, 0) is 73.9 Å². The Morgan fingerprint density at radius 2 is 1.58 bits per heavy atom. The molecule has 0 spiro atoms. The first-order valence-corrected chi connectivity index (χ1v) is 15.6. The van der Waals surface area contributed by atoms with Crippen LogP contribution in [0.3, 0.4) is 0 Å². The number of rotatable bonds is 12. The van der Waals surface area contributed by atoms with Crippen LogP contribution in [0, 0.1) is 6.92 Å². The van der Waals surface area contributed by atoms with Gasteiger partial charge in [-0.2, -0.15) is 13.2 Å². The number of ether oxygens (including phenoxy) is 3. The predicted molar refractivity (Wildman–Crippen MR) is 182 cm³/mol. The van der Waals surface area contributed by atoms with Crippen molar-refractivity contribution in [3.05, 3.63) is 106 Å². The van der Waals surface area contributed by atoms with E-state index in [2.05, 4.69) is 10.3 Å². The molecule has 0 bridgehead atoms. The highest BCUT2D eigenvalue weighted by Crippen LogP contribution is 2.35. The molecular formula is C37H34F3N3O9. The number of hydrogen-bond acceptors (Lipinski definition) is 9. The smallest absolute Gasteiger partial charge is 0.416 e. The molecule has 15 heteroatoms. The zero-order valence-corrected chi connectivity index (χ0v) is 28.7. The maximum atomic E-state index is 13.6. The minimum atomic E-state index is -4.54. The second-order valence-corrected chi connectivity index (χ2v) is 11.6. The summed E-state index contributed by atoms with van der Waals surface area (Å²) in [6.07, 6.45) is -4.16. The van der Waals surface area contributed by atoms with E-state index < -0.39 is 41.5 Å².